The SMILES string of the molecule is N=C(N)c1cccc(/C=C/CN(c2ccc(OC3CCN(C4=NCCCC4)CC3)c(Cl)c2)S(=O)(=O)CC(=O)O)c1. The molecule has 0 radical (unpaired) electrons. The Bertz CT molecular complexity index is 1400. The van der Waals surface area contributed by atoms with Crippen molar-refractivity contribution in [2.24, 2.45) is 10.7 Å². The number of rotatable bonds is 10. The maximum Gasteiger partial charge on any atom is 0.320 e. The molecule has 0 bridgehead atoms. The van der Waals surface area contributed by atoms with Crippen molar-refractivity contribution in [1.82, 2.24) is 4.90 Å². The first-order chi connectivity index (χ1) is 19.1. The van der Waals surface area contributed by atoms with Gasteiger partial charge in [0.1, 0.15) is 17.7 Å². The summed E-state index contributed by atoms with van der Waals surface area (Å²) >= 11 is 6.53. The second-order valence-electron chi connectivity index (χ2n) is 9.80. The third kappa shape index (κ3) is 7.76. The monoisotopic (exact) mass is 587 g/mol. The molecule has 0 aromatic heterocycles. The number of carboxylic acid groups (broad SMARTS) is 1. The van der Waals surface area contributed by atoms with Gasteiger partial charge in [0.2, 0.25) is 10.0 Å². The van der Waals surface area contributed by atoms with Gasteiger partial charge in [0.05, 0.1) is 23.1 Å². The average molecular weight is 588 g/mol. The highest BCUT2D eigenvalue weighted by Gasteiger charge is 2.27. The van der Waals surface area contributed by atoms with E-state index in [9.17, 15) is 18.3 Å². The molecule has 0 atom stereocenters. The van der Waals surface area contributed by atoms with Crippen LogP contribution in [0.15, 0.2) is 53.5 Å². The van der Waals surface area contributed by atoms with E-state index in [4.69, 9.17) is 27.5 Å². The zero-order chi connectivity index (χ0) is 28.7. The third-order valence-corrected chi connectivity index (χ3v) is 8.77. The van der Waals surface area contributed by atoms with Crippen molar-refractivity contribution in [2.75, 3.05) is 36.2 Å². The number of likely N-dealkylation sites (tertiary alicyclic amines) is 1. The Hall–Kier alpha value is -3.57. The number of sulfonamides is 1. The number of nitrogens with one attached hydrogen (secondary N) is 1. The predicted molar refractivity (Wildman–Crippen MR) is 158 cm³/mol. The fourth-order valence-electron chi connectivity index (χ4n) is 4.80. The Labute approximate surface area is 239 Å². The summed E-state index contributed by atoms with van der Waals surface area (Å²) in [5.41, 5.74) is 7.03. The summed E-state index contributed by atoms with van der Waals surface area (Å²) in [6.07, 6.45) is 8.26. The van der Waals surface area contributed by atoms with Gasteiger partial charge in [0, 0.05) is 44.5 Å². The highest BCUT2D eigenvalue weighted by molar-refractivity contribution is 7.93. The van der Waals surface area contributed by atoms with Crippen molar-refractivity contribution >= 4 is 51.0 Å². The number of nitrogens with zero attached hydrogens (tertiary/aromatic N) is 3. The predicted octanol–water partition coefficient (Wildman–Crippen LogP) is 3.98. The summed E-state index contributed by atoms with van der Waals surface area (Å²) < 4.78 is 33.1. The molecule has 0 saturated carbocycles. The van der Waals surface area contributed by atoms with Crippen molar-refractivity contribution < 1.29 is 23.1 Å². The molecule has 4 N–H and O–H groups in total. The van der Waals surface area contributed by atoms with Crippen LogP contribution in [0.1, 0.15) is 43.2 Å². The number of nitrogen functional groups attached to an aromatic ring is 1. The van der Waals surface area contributed by atoms with Crippen molar-refractivity contribution in [3.8, 4) is 5.75 Å². The number of piperidine rings is 1. The van der Waals surface area contributed by atoms with E-state index in [1.807, 2.05) is 0 Å². The van der Waals surface area contributed by atoms with Crippen LogP contribution in [0, 0.1) is 5.41 Å². The summed E-state index contributed by atoms with van der Waals surface area (Å²) in [6, 6.07) is 11.6. The molecule has 2 aliphatic heterocycles. The summed E-state index contributed by atoms with van der Waals surface area (Å²) in [7, 11) is -4.21. The van der Waals surface area contributed by atoms with Crippen LogP contribution in [0.5, 0.6) is 5.75 Å². The van der Waals surface area contributed by atoms with Crippen LogP contribution in [0.3, 0.4) is 0 Å². The molecular weight excluding hydrogens is 554 g/mol. The molecule has 0 amide bonds. The van der Waals surface area contributed by atoms with Crippen LogP contribution in [-0.4, -0.2) is 74.1 Å². The second kappa shape index (κ2) is 13.2. The summed E-state index contributed by atoms with van der Waals surface area (Å²) in [5.74, 6) is -0.969. The molecule has 1 saturated heterocycles. The Morgan fingerprint density at radius 1 is 1.23 bits per heavy atom. The topological polar surface area (TPSA) is 149 Å². The Balaban J connectivity index is 1.46. The molecule has 10 nitrogen and oxygen atoms in total. The molecule has 2 heterocycles. The maximum atomic E-state index is 13.0. The molecule has 0 spiro atoms. The lowest BCUT2D eigenvalue weighted by molar-refractivity contribution is -0.134. The maximum absolute atomic E-state index is 13.0. The van der Waals surface area contributed by atoms with Crippen LogP contribution in [0.25, 0.3) is 6.08 Å². The van der Waals surface area contributed by atoms with Crippen molar-refractivity contribution in [2.45, 2.75) is 38.2 Å². The zero-order valence-corrected chi connectivity index (χ0v) is 23.7. The van der Waals surface area contributed by atoms with Crippen LogP contribution < -0.4 is 14.8 Å². The number of halogens is 1. The van der Waals surface area contributed by atoms with E-state index in [0.717, 1.165) is 49.6 Å². The lowest BCUT2D eigenvalue weighted by Gasteiger charge is -2.35. The summed E-state index contributed by atoms with van der Waals surface area (Å²) in [5, 5.41) is 17.0. The van der Waals surface area contributed by atoms with E-state index in [1.165, 1.54) is 18.3 Å². The molecule has 0 aliphatic carbocycles. The van der Waals surface area contributed by atoms with Gasteiger partial charge in [-0.05, 0) is 42.7 Å². The molecule has 1 fully saturated rings. The van der Waals surface area contributed by atoms with E-state index >= 15 is 0 Å². The molecule has 2 aromatic carbocycles. The van der Waals surface area contributed by atoms with E-state index in [0.29, 0.717) is 16.9 Å². The second-order valence-corrected chi connectivity index (χ2v) is 12.1. The molecule has 4 rings (SSSR count). The largest absolute Gasteiger partial charge is 0.489 e. The first-order valence-electron chi connectivity index (χ1n) is 13.2. The summed E-state index contributed by atoms with van der Waals surface area (Å²) in [4.78, 5) is 18.3. The molecule has 2 aliphatic rings. The smallest absolute Gasteiger partial charge is 0.320 e. The standard InChI is InChI=1S/C28H34ClN5O5S/c29-24-18-22(9-10-25(24)39-23-11-15-33(16-12-23)26-8-1-2-13-32-26)34(40(37,38)19-27(35)36)14-4-6-20-5-3-7-21(17-20)28(30)31/h3-7,9-10,17-18,23H,1-2,8,11-16,19H2,(H3,30,31)(H,35,36)/b6-4+. The number of anilines is 1. The first-order valence-corrected chi connectivity index (χ1v) is 15.2. The van der Waals surface area contributed by atoms with Gasteiger partial charge in [-0.15, -0.1) is 0 Å². The molecular formula is C28H34ClN5O5S. The molecule has 2 aromatic rings. The number of amidine groups is 2. The minimum atomic E-state index is -4.21. The van der Waals surface area contributed by atoms with Gasteiger partial charge in [-0.1, -0.05) is 42.0 Å². The zero-order valence-electron chi connectivity index (χ0n) is 22.1. The van der Waals surface area contributed by atoms with E-state index in [-0.39, 0.29) is 29.2 Å². The van der Waals surface area contributed by atoms with Gasteiger partial charge >= 0.3 is 5.97 Å². The van der Waals surface area contributed by atoms with Crippen molar-refractivity contribution in [3.05, 3.63) is 64.7 Å². The first kappa shape index (κ1) is 29.4. The Morgan fingerprint density at radius 3 is 2.65 bits per heavy atom. The van der Waals surface area contributed by atoms with Gasteiger partial charge < -0.3 is 20.5 Å². The van der Waals surface area contributed by atoms with Crippen molar-refractivity contribution in [3.63, 3.8) is 0 Å². The molecule has 214 valence electrons. The Morgan fingerprint density at radius 2 is 2.00 bits per heavy atom. The van der Waals surface area contributed by atoms with E-state index in [2.05, 4.69) is 9.89 Å². The van der Waals surface area contributed by atoms with Crippen LogP contribution in [0.4, 0.5) is 5.69 Å². The number of aliphatic carboxylic acids is 1. The molecule has 12 heteroatoms. The number of benzene rings is 2. The fourth-order valence-corrected chi connectivity index (χ4v) is 6.24. The van der Waals surface area contributed by atoms with Gasteiger partial charge in [0.25, 0.3) is 0 Å². The number of hydrogen-bond donors (Lipinski definition) is 3. The van der Waals surface area contributed by atoms with Crippen LogP contribution in [-0.2, 0) is 14.8 Å². The third-order valence-electron chi connectivity index (χ3n) is 6.83. The van der Waals surface area contributed by atoms with Gasteiger partial charge in [-0.25, -0.2) is 8.42 Å². The highest BCUT2D eigenvalue weighted by Crippen LogP contribution is 2.33. The lowest BCUT2D eigenvalue weighted by Crippen LogP contribution is -2.42. The Kier molecular flexibility index (Phi) is 9.70. The minimum Gasteiger partial charge on any atom is -0.489 e. The fraction of sp³-hybridized carbons (Fsp3) is 0.393. The quantitative estimate of drug-likeness (QED) is 0.281. The minimum absolute atomic E-state index is 0.0238. The average Bonchev–Trinajstić information content (AvgIpc) is 2.92. The number of hydrogen-bond acceptors (Lipinski definition) is 7. The summed E-state index contributed by atoms with van der Waals surface area (Å²) in [6.45, 7) is 2.50. The van der Waals surface area contributed by atoms with Crippen LogP contribution >= 0.6 is 11.6 Å². The number of nitrogens with two attached hydrogens (primary N) is 1. The van der Waals surface area contributed by atoms with E-state index < -0.39 is 21.7 Å². The number of ether oxygens (including phenoxy) is 1. The van der Waals surface area contributed by atoms with Crippen LogP contribution in [0.2, 0.25) is 5.02 Å². The van der Waals surface area contributed by atoms with E-state index in [1.54, 1.807) is 48.6 Å². The lowest BCUT2D eigenvalue weighted by atomic mass is 10.1. The van der Waals surface area contributed by atoms with Gasteiger partial charge in [-0.3, -0.25) is 19.5 Å². The van der Waals surface area contributed by atoms with Gasteiger partial charge in [-0.2, -0.15) is 0 Å². The normalized spacial score (nSPS) is 16.5. The number of aliphatic imine (C=N–C) groups is 1. The molecule has 40 heavy (non-hydrogen) atoms. The number of carboxylic acids is 1. The molecule has 0 unspecified atom stereocenters. The van der Waals surface area contributed by atoms with Crippen molar-refractivity contribution in [1.29, 1.82) is 5.41 Å². The van der Waals surface area contributed by atoms with Gasteiger partial charge in [0.15, 0.2) is 5.75 Å². The highest BCUT2D eigenvalue weighted by atomic mass is 35.5. The number of carbonyl (C=O) groups is 1.